The largest absolute Gasteiger partial charge is 0.483 e. The zero-order chi connectivity index (χ0) is 20.1. The summed E-state index contributed by atoms with van der Waals surface area (Å²) in [6.45, 7) is 0.303. The smallest absolute Gasteiger partial charge is 0.258 e. The van der Waals surface area contributed by atoms with Crippen molar-refractivity contribution in [2.45, 2.75) is 18.9 Å². The Kier molecular flexibility index (Phi) is 5.93. The Morgan fingerprint density at radius 1 is 1.14 bits per heavy atom. The van der Waals surface area contributed by atoms with Crippen LogP contribution in [0.2, 0.25) is 0 Å². The van der Waals surface area contributed by atoms with Crippen LogP contribution in [0.25, 0.3) is 0 Å². The number of amides is 3. The summed E-state index contributed by atoms with van der Waals surface area (Å²) in [7, 11) is 1.62. The van der Waals surface area contributed by atoms with Crippen LogP contribution in [0.5, 0.6) is 5.75 Å². The van der Waals surface area contributed by atoms with Gasteiger partial charge in [-0.2, -0.15) is 0 Å². The number of para-hydroxylation sites is 2. The lowest BCUT2D eigenvalue weighted by Gasteiger charge is -2.37. The molecule has 0 spiro atoms. The van der Waals surface area contributed by atoms with Gasteiger partial charge in [0.05, 0.1) is 5.56 Å². The SMILES string of the molecule is CN(C(=O)c1ccccc1OCC(N)=O)C1CCCN(c2ccccc2)C1=O. The van der Waals surface area contributed by atoms with Crippen molar-refractivity contribution >= 4 is 23.4 Å². The maximum Gasteiger partial charge on any atom is 0.258 e. The zero-order valence-electron chi connectivity index (χ0n) is 15.7. The average molecular weight is 381 g/mol. The van der Waals surface area contributed by atoms with Gasteiger partial charge in [0.25, 0.3) is 11.8 Å². The van der Waals surface area contributed by atoms with Crippen molar-refractivity contribution in [1.29, 1.82) is 0 Å². The Labute approximate surface area is 163 Å². The molecular weight excluding hydrogens is 358 g/mol. The first kappa shape index (κ1) is 19.4. The summed E-state index contributed by atoms with van der Waals surface area (Å²) < 4.78 is 5.36. The highest BCUT2D eigenvalue weighted by atomic mass is 16.5. The fraction of sp³-hybridized carbons (Fsp3) is 0.286. The summed E-state index contributed by atoms with van der Waals surface area (Å²) in [6.07, 6.45) is 1.39. The number of benzene rings is 2. The van der Waals surface area contributed by atoms with Gasteiger partial charge in [0.2, 0.25) is 5.91 Å². The van der Waals surface area contributed by atoms with Gasteiger partial charge >= 0.3 is 0 Å². The Bertz CT molecular complexity index is 869. The summed E-state index contributed by atoms with van der Waals surface area (Å²) in [5.41, 5.74) is 6.23. The molecule has 2 aromatic rings. The highest BCUT2D eigenvalue weighted by Crippen LogP contribution is 2.26. The highest BCUT2D eigenvalue weighted by Gasteiger charge is 2.35. The second-order valence-corrected chi connectivity index (χ2v) is 6.65. The Hall–Kier alpha value is -3.35. The summed E-state index contributed by atoms with van der Waals surface area (Å²) in [6, 6.07) is 15.5. The lowest BCUT2D eigenvalue weighted by atomic mass is 10.0. The molecule has 1 aliphatic rings. The van der Waals surface area contributed by atoms with E-state index in [1.165, 1.54) is 4.90 Å². The van der Waals surface area contributed by atoms with Crippen LogP contribution in [-0.2, 0) is 9.59 Å². The van der Waals surface area contributed by atoms with E-state index in [9.17, 15) is 14.4 Å². The van der Waals surface area contributed by atoms with Crippen LogP contribution in [0.15, 0.2) is 54.6 Å². The molecule has 2 aromatic carbocycles. The van der Waals surface area contributed by atoms with E-state index in [-0.39, 0.29) is 29.7 Å². The first-order valence-corrected chi connectivity index (χ1v) is 9.12. The van der Waals surface area contributed by atoms with Crippen molar-refractivity contribution in [1.82, 2.24) is 4.90 Å². The summed E-state index contributed by atoms with van der Waals surface area (Å²) in [4.78, 5) is 40.3. The number of carbonyl (C=O) groups is 3. The van der Waals surface area contributed by atoms with E-state index in [2.05, 4.69) is 0 Å². The van der Waals surface area contributed by atoms with Crippen LogP contribution in [0.4, 0.5) is 5.69 Å². The van der Waals surface area contributed by atoms with Crippen molar-refractivity contribution in [2.75, 3.05) is 25.1 Å². The Morgan fingerprint density at radius 3 is 2.54 bits per heavy atom. The number of anilines is 1. The van der Waals surface area contributed by atoms with E-state index in [1.54, 1.807) is 36.2 Å². The quantitative estimate of drug-likeness (QED) is 0.826. The van der Waals surface area contributed by atoms with Gasteiger partial charge in [-0.25, -0.2) is 0 Å². The molecule has 0 aliphatic carbocycles. The third-order valence-corrected chi connectivity index (χ3v) is 4.75. The van der Waals surface area contributed by atoms with Gasteiger partial charge in [0.1, 0.15) is 11.8 Å². The molecule has 1 aliphatic heterocycles. The second kappa shape index (κ2) is 8.56. The first-order chi connectivity index (χ1) is 13.5. The lowest BCUT2D eigenvalue weighted by molar-refractivity contribution is -0.124. The van der Waals surface area contributed by atoms with Crippen LogP contribution < -0.4 is 15.4 Å². The summed E-state index contributed by atoms with van der Waals surface area (Å²) >= 11 is 0. The predicted molar refractivity (Wildman–Crippen MR) is 105 cm³/mol. The topological polar surface area (TPSA) is 92.9 Å². The molecule has 7 heteroatoms. The number of rotatable bonds is 6. The van der Waals surface area contributed by atoms with E-state index in [0.717, 1.165) is 12.1 Å². The monoisotopic (exact) mass is 381 g/mol. The lowest BCUT2D eigenvalue weighted by Crippen LogP contribution is -2.53. The third-order valence-electron chi connectivity index (χ3n) is 4.75. The van der Waals surface area contributed by atoms with Gasteiger partial charge in [0.15, 0.2) is 6.61 Å². The molecule has 1 heterocycles. The molecule has 1 fully saturated rings. The van der Waals surface area contributed by atoms with Crippen LogP contribution in [0, 0.1) is 0 Å². The normalized spacial score (nSPS) is 16.5. The molecule has 3 amide bonds. The molecule has 1 unspecified atom stereocenters. The number of primary amides is 1. The van der Waals surface area contributed by atoms with E-state index in [0.29, 0.717) is 13.0 Å². The fourth-order valence-electron chi connectivity index (χ4n) is 3.33. The molecule has 0 aromatic heterocycles. The van der Waals surface area contributed by atoms with Crippen LogP contribution in [0.3, 0.4) is 0 Å². The Morgan fingerprint density at radius 2 is 1.82 bits per heavy atom. The van der Waals surface area contributed by atoms with Crippen molar-refractivity contribution in [2.24, 2.45) is 5.73 Å². The standard InChI is InChI=1S/C21H23N3O4/c1-23(20(26)16-10-5-6-12-18(16)28-14-19(22)25)17-11-7-13-24(21(17)27)15-8-3-2-4-9-15/h2-6,8-10,12,17H,7,11,13-14H2,1H3,(H2,22,25). The van der Waals surface area contributed by atoms with Crippen molar-refractivity contribution in [3.8, 4) is 5.75 Å². The number of nitrogens with zero attached hydrogens (tertiary/aromatic N) is 2. The van der Waals surface area contributed by atoms with E-state index < -0.39 is 11.9 Å². The minimum Gasteiger partial charge on any atom is -0.483 e. The van der Waals surface area contributed by atoms with E-state index >= 15 is 0 Å². The maximum atomic E-state index is 13.1. The zero-order valence-corrected chi connectivity index (χ0v) is 15.7. The number of piperidine rings is 1. The molecule has 3 rings (SSSR count). The molecule has 1 saturated heterocycles. The molecule has 1 atom stereocenters. The van der Waals surface area contributed by atoms with E-state index in [1.807, 2.05) is 30.3 Å². The second-order valence-electron chi connectivity index (χ2n) is 6.65. The number of hydrogen-bond acceptors (Lipinski definition) is 4. The van der Waals surface area contributed by atoms with Gasteiger partial charge in [-0.05, 0) is 37.1 Å². The van der Waals surface area contributed by atoms with Gasteiger partial charge in [0, 0.05) is 19.3 Å². The molecule has 0 radical (unpaired) electrons. The molecule has 0 saturated carbocycles. The van der Waals surface area contributed by atoms with Gasteiger partial charge < -0.3 is 20.3 Å². The third kappa shape index (κ3) is 4.14. The highest BCUT2D eigenvalue weighted by molar-refractivity contribution is 6.03. The van der Waals surface area contributed by atoms with Crippen molar-refractivity contribution < 1.29 is 19.1 Å². The number of nitrogens with two attached hydrogens (primary N) is 1. The number of likely N-dealkylation sites (N-methyl/N-ethyl adjacent to an activating group) is 1. The van der Waals surface area contributed by atoms with E-state index in [4.69, 9.17) is 10.5 Å². The Balaban J connectivity index is 1.80. The molecular formula is C21H23N3O4. The van der Waals surface area contributed by atoms with Gasteiger partial charge in [-0.15, -0.1) is 0 Å². The van der Waals surface area contributed by atoms with Crippen LogP contribution in [0.1, 0.15) is 23.2 Å². The molecule has 0 bridgehead atoms. The molecule has 28 heavy (non-hydrogen) atoms. The average Bonchev–Trinajstić information content (AvgIpc) is 2.72. The van der Waals surface area contributed by atoms with Crippen LogP contribution >= 0.6 is 0 Å². The minimum absolute atomic E-state index is 0.108. The number of ether oxygens (including phenoxy) is 1. The van der Waals surface area contributed by atoms with Crippen LogP contribution in [-0.4, -0.2) is 48.9 Å². The van der Waals surface area contributed by atoms with Crippen molar-refractivity contribution in [3.63, 3.8) is 0 Å². The minimum atomic E-state index is -0.628. The number of carbonyl (C=O) groups excluding carboxylic acids is 3. The maximum absolute atomic E-state index is 13.1. The molecule has 7 nitrogen and oxygen atoms in total. The van der Waals surface area contributed by atoms with Crippen molar-refractivity contribution in [3.05, 3.63) is 60.2 Å². The first-order valence-electron chi connectivity index (χ1n) is 9.12. The van der Waals surface area contributed by atoms with Gasteiger partial charge in [-0.1, -0.05) is 30.3 Å². The number of hydrogen-bond donors (Lipinski definition) is 1. The summed E-state index contributed by atoms with van der Waals surface area (Å²) in [5, 5.41) is 0. The summed E-state index contributed by atoms with van der Waals surface area (Å²) in [5.74, 6) is -0.810. The van der Waals surface area contributed by atoms with Gasteiger partial charge in [-0.3, -0.25) is 14.4 Å². The predicted octanol–water partition coefficient (Wildman–Crippen LogP) is 1.82. The molecule has 146 valence electrons. The molecule has 2 N–H and O–H groups in total. The fourth-order valence-corrected chi connectivity index (χ4v) is 3.33.